The number of hydrogen-bond acceptors (Lipinski definition) is 6. The summed E-state index contributed by atoms with van der Waals surface area (Å²) in [5.41, 5.74) is 3.47. The molecule has 1 saturated heterocycles. The molecule has 0 saturated carbocycles. The van der Waals surface area contributed by atoms with Crippen LogP contribution in [0.3, 0.4) is 0 Å². The SMILES string of the molecule is COCC(=O)Nc1ccc(N2CCCN(C(=O)Nc3ccc(OC)cc3)CC2)c(C(=O)N(C)Cc2ccccc2)c1. The number of nitrogens with one attached hydrogen (secondary N) is 2. The molecule has 0 spiro atoms. The van der Waals surface area contributed by atoms with Gasteiger partial charge in [0.15, 0.2) is 0 Å². The van der Waals surface area contributed by atoms with Crippen molar-refractivity contribution in [3.8, 4) is 5.75 Å². The van der Waals surface area contributed by atoms with E-state index in [4.69, 9.17) is 9.47 Å². The number of ether oxygens (including phenoxy) is 2. The first-order valence-corrected chi connectivity index (χ1v) is 13.5. The van der Waals surface area contributed by atoms with Crippen LogP contribution in [0.5, 0.6) is 5.75 Å². The maximum Gasteiger partial charge on any atom is 0.321 e. The van der Waals surface area contributed by atoms with Gasteiger partial charge in [0.1, 0.15) is 12.4 Å². The Morgan fingerprint density at radius 3 is 2.29 bits per heavy atom. The van der Waals surface area contributed by atoms with Gasteiger partial charge in [-0.1, -0.05) is 30.3 Å². The fourth-order valence-corrected chi connectivity index (χ4v) is 4.76. The van der Waals surface area contributed by atoms with Gasteiger partial charge in [0, 0.05) is 63.9 Å². The van der Waals surface area contributed by atoms with E-state index in [1.807, 2.05) is 36.4 Å². The number of methoxy groups -OCH3 is 2. The number of urea groups is 1. The van der Waals surface area contributed by atoms with Gasteiger partial charge in [-0.05, 0) is 54.4 Å². The topological polar surface area (TPSA) is 103 Å². The van der Waals surface area contributed by atoms with E-state index >= 15 is 0 Å². The van der Waals surface area contributed by atoms with Crippen molar-refractivity contribution in [1.29, 1.82) is 0 Å². The molecule has 41 heavy (non-hydrogen) atoms. The molecular formula is C31H37N5O5. The smallest absolute Gasteiger partial charge is 0.321 e. The van der Waals surface area contributed by atoms with Gasteiger partial charge in [-0.2, -0.15) is 0 Å². The van der Waals surface area contributed by atoms with E-state index in [0.29, 0.717) is 49.7 Å². The molecule has 1 fully saturated rings. The third-order valence-corrected chi connectivity index (χ3v) is 6.86. The van der Waals surface area contributed by atoms with Crippen LogP contribution in [0, 0.1) is 0 Å². The van der Waals surface area contributed by atoms with E-state index in [1.54, 1.807) is 60.4 Å². The fourth-order valence-electron chi connectivity index (χ4n) is 4.76. The number of benzene rings is 3. The quantitative estimate of drug-likeness (QED) is 0.405. The molecule has 10 heteroatoms. The van der Waals surface area contributed by atoms with Gasteiger partial charge in [0.25, 0.3) is 5.91 Å². The zero-order chi connectivity index (χ0) is 29.2. The van der Waals surface area contributed by atoms with E-state index < -0.39 is 0 Å². The number of carbonyl (C=O) groups is 3. The highest BCUT2D eigenvalue weighted by molar-refractivity contribution is 6.02. The van der Waals surface area contributed by atoms with Crippen LogP contribution in [0.1, 0.15) is 22.3 Å². The van der Waals surface area contributed by atoms with Crippen LogP contribution in [-0.2, 0) is 16.1 Å². The van der Waals surface area contributed by atoms with Crippen molar-refractivity contribution in [3.63, 3.8) is 0 Å². The summed E-state index contributed by atoms with van der Waals surface area (Å²) in [6.07, 6.45) is 0.732. The highest BCUT2D eigenvalue weighted by Gasteiger charge is 2.25. The fraction of sp³-hybridized carbons (Fsp3) is 0.323. The predicted molar refractivity (Wildman–Crippen MR) is 160 cm³/mol. The summed E-state index contributed by atoms with van der Waals surface area (Å²) in [4.78, 5) is 44.5. The molecule has 216 valence electrons. The number of carbonyl (C=O) groups excluding carboxylic acids is 3. The second-order valence-corrected chi connectivity index (χ2v) is 9.85. The van der Waals surface area contributed by atoms with Crippen LogP contribution >= 0.6 is 0 Å². The van der Waals surface area contributed by atoms with E-state index in [0.717, 1.165) is 23.4 Å². The molecule has 0 aliphatic carbocycles. The lowest BCUT2D eigenvalue weighted by Crippen LogP contribution is -2.38. The average molecular weight is 560 g/mol. The monoisotopic (exact) mass is 559 g/mol. The first kappa shape index (κ1) is 29.4. The minimum atomic E-state index is -0.301. The Kier molecular flexibility index (Phi) is 10.2. The number of hydrogen-bond donors (Lipinski definition) is 2. The molecule has 1 aliphatic rings. The molecule has 0 atom stereocenters. The molecule has 1 aliphatic heterocycles. The minimum Gasteiger partial charge on any atom is -0.497 e. The van der Waals surface area contributed by atoms with Crippen molar-refractivity contribution in [2.24, 2.45) is 0 Å². The van der Waals surface area contributed by atoms with E-state index in [-0.39, 0.29) is 24.5 Å². The average Bonchev–Trinajstić information content (AvgIpc) is 3.24. The molecule has 0 unspecified atom stereocenters. The first-order valence-electron chi connectivity index (χ1n) is 13.5. The Morgan fingerprint density at radius 1 is 0.854 bits per heavy atom. The maximum absolute atomic E-state index is 13.8. The van der Waals surface area contributed by atoms with Gasteiger partial charge in [0.05, 0.1) is 12.7 Å². The second kappa shape index (κ2) is 14.2. The second-order valence-electron chi connectivity index (χ2n) is 9.85. The zero-order valence-electron chi connectivity index (χ0n) is 23.8. The van der Waals surface area contributed by atoms with Crippen LogP contribution in [0.4, 0.5) is 21.9 Å². The van der Waals surface area contributed by atoms with Crippen LogP contribution in [-0.4, -0.2) is 81.7 Å². The first-order chi connectivity index (χ1) is 19.9. The molecule has 0 bridgehead atoms. The minimum absolute atomic E-state index is 0.0838. The van der Waals surface area contributed by atoms with Crippen LogP contribution < -0.4 is 20.3 Å². The van der Waals surface area contributed by atoms with Gasteiger partial charge in [0.2, 0.25) is 5.91 Å². The Bertz CT molecular complexity index is 1330. The van der Waals surface area contributed by atoms with Crippen molar-refractivity contribution in [1.82, 2.24) is 9.80 Å². The lowest BCUT2D eigenvalue weighted by molar-refractivity contribution is -0.119. The Labute approximate surface area is 240 Å². The summed E-state index contributed by atoms with van der Waals surface area (Å²) in [5, 5.41) is 5.75. The van der Waals surface area contributed by atoms with Crippen LogP contribution in [0.15, 0.2) is 72.8 Å². The number of amides is 4. The van der Waals surface area contributed by atoms with Gasteiger partial charge < -0.3 is 34.8 Å². The summed E-state index contributed by atoms with van der Waals surface area (Å²) >= 11 is 0. The van der Waals surface area contributed by atoms with Crippen molar-refractivity contribution in [2.75, 3.05) is 69.6 Å². The molecule has 2 N–H and O–H groups in total. The normalized spacial score (nSPS) is 13.2. The summed E-state index contributed by atoms with van der Waals surface area (Å²) in [7, 11) is 4.82. The van der Waals surface area contributed by atoms with Gasteiger partial charge in [-0.15, -0.1) is 0 Å². The van der Waals surface area contributed by atoms with E-state index in [2.05, 4.69) is 15.5 Å². The molecule has 4 rings (SSSR count). The van der Waals surface area contributed by atoms with Crippen molar-refractivity contribution in [3.05, 3.63) is 83.9 Å². The van der Waals surface area contributed by atoms with Crippen LogP contribution in [0.2, 0.25) is 0 Å². The third kappa shape index (κ3) is 7.98. The molecule has 10 nitrogen and oxygen atoms in total. The summed E-state index contributed by atoms with van der Waals surface area (Å²) in [6.45, 7) is 2.65. The molecule has 3 aromatic carbocycles. The number of nitrogens with zero attached hydrogens (tertiary/aromatic N) is 3. The van der Waals surface area contributed by atoms with E-state index in [1.165, 1.54) is 7.11 Å². The molecular weight excluding hydrogens is 522 g/mol. The number of anilines is 3. The lowest BCUT2D eigenvalue weighted by Gasteiger charge is -2.28. The Balaban J connectivity index is 1.51. The Morgan fingerprint density at radius 2 is 1.59 bits per heavy atom. The Hall–Kier alpha value is -4.57. The standard InChI is InChI=1S/C31H37N5O5/c1-34(21-23-8-5-4-6-9-23)30(38)27-20-25(32-29(37)22-40-2)12-15-28(27)35-16-7-17-36(19-18-35)31(39)33-24-10-13-26(41-3)14-11-24/h4-6,8-15,20H,7,16-19,21-22H2,1-3H3,(H,32,37)(H,33,39). The van der Waals surface area contributed by atoms with Crippen molar-refractivity contribution < 1.29 is 23.9 Å². The maximum atomic E-state index is 13.8. The predicted octanol–water partition coefficient (Wildman–Crippen LogP) is 4.30. The van der Waals surface area contributed by atoms with Gasteiger partial charge in [-0.3, -0.25) is 9.59 Å². The van der Waals surface area contributed by atoms with Crippen molar-refractivity contribution >= 4 is 34.9 Å². The lowest BCUT2D eigenvalue weighted by atomic mass is 10.1. The molecule has 1 heterocycles. The van der Waals surface area contributed by atoms with Crippen LogP contribution in [0.25, 0.3) is 0 Å². The molecule has 0 radical (unpaired) electrons. The summed E-state index contributed by atoms with van der Waals surface area (Å²) in [6, 6.07) is 22.2. The zero-order valence-corrected chi connectivity index (χ0v) is 23.8. The molecule has 4 amide bonds. The highest BCUT2D eigenvalue weighted by atomic mass is 16.5. The highest BCUT2D eigenvalue weighted by Crippen LogP contribution is 2.28. The van der Waals surface area contributed by atoms with Gasteiger partial charge in [-0.25, -0.2) is 4.79 Å². The summed E-state index contributed by atoms with van der Waals surface area (Å²) < 4.78 is 10.1. The molecule has 0 aromatic heterocycles. The van der Waals surface area contributed by atoms with E-state index in [9.17, 15) is 14.4 Å². The van der Waals surface area contributed by atoms with Crippen molar-refractivity contribution in [2.45, 2.75) is 13.0 Å². The number of rotatable bonds is 9. The van der Waals surface area contributed by atoms with Gasteiger partial charge >= 0.3 is 6.03 Å². The summed E-state index contributed by atoms with van der Waals surface area (Å²) in [5.74, 6) is 0.257. The third-order valence-electron chi connectivity index (χ3n) is 6.86. The molecule has 3 aromatic rings. The largest absolute Gasteiger partial charge is 0.497 e.